The summed E-state index contributed by atoms with van der Waals surface area (Å²) in [5.74, 6) is -0.509. The van der Waals surface area contributed by atoms with Gasteiger partial charge in [0.05, 0.1) is 0 Å². The number of anilines is 1. The summed E-state index contributed by atoms with van der Waals surface area (Å²) < 4.78 is 1.35. The van der Waals surface area contributed by atoms with Crippen LogP contribution in [0.3, 0.4) is 0 Å². The first-order valence-electron chi connectivity index (χ1n) is 5.89. The molecule has 2 N–H and O–H groups in total. The van der Waals surface area contributed by atoms with E-state index in [0.29, 0.717) is 11.3 Å². The van der Waals surface area contributed by atoms with Crippen LogP contribution in [0, 0.1) is 0 Å². The van der Waals surface area contributed by atoms with Gasteiger partial charge < -0.3 is 5.32 Å². The third-order valence-electron chi connectivity index (χ3n) is 2.38. The second-order valence-corrected chi connectivity index (χ2v) is 3.88. The molecule has 0 saturated heterocycles. The van der Waals surface area contributed by atoms with Crippen molar-refractivity contribution in [3.63, 3.8) is 0 Å². The standard InChI is InChI=1S/C13H13N5O2/c1-2-3-12(19)16-11-6-4-10(5-7-11)13(20)17-18-8-14-15-9-18/h2-9H,1H3,(H,16,19)(H,17,20)/b3-2+. The molecule has 2 amide bonds. The Labute approximate surface area is 115 Å². The van der Waals surface area contributed by atoms with Gasteiger partial charge in [-0.15, -0.1) is 10.2 Å². The maximum atomic E-state index is 11.9. The van der Waals surface area contributed by atoms with Gasteiger partial charge in [-0.2, -0.15) is 0 Å². The van der Waals surface area contributed by atoms with Crippen LogP contribution in [-0.4, -0.2) is 26.7 Å². The number of nitrogens with zero attached hydrogens (tertiary/aromatic N) is 3. The quantitative estimate of drug-likeness (QED) is 0.817. The van der Waals surface area contributed by atoms with Gasteiger partial charge >= 0.3 is 0 Å². The molecular weight excluding hydrogens is 258 g/mol. The number of hydrogen-bond acceptors (Lipinski definition) is 4. The lowest BCUT2D eigenvalue weighted by Gasteiger charge is -2.06. The van der Waals surface area contributed by atoms with E-state index >= 15 is 0 Å². The van der Waals surface area contributed by atoms with E-state index in [1.165, 1.54) is 23.4 Å². The lowest BCUT2D eigenvalue weighted by atomic mass is 10.2. The number of benzene rings is 1. The van der Waals surface area contributed by atoms with Crippen LogP contribution >= 0.6 is 0 Å². The molecule has 0 aliphatic carbocycles. The molecule has 0 saturated carbocycles. The number of allylic oxidation sites excluding steroid dienone is 1. The lowest BCUT2D eigenvalue weighted by Crippen LogP contribution is -2.21. The number of aromatic nitrogens is 3. The molecule has 0 atom stereocenters. The second kappa shape index (κ2) is 6.28. The summed E-state index contributed by atoms with van der Waals surface area (Å²) in [5, 5.41) is 9.83. The fraction of sp³-hybridized carbons (Fsp3) is 0.0769. The molecule has 0 fully saturated rings. The smallest absolute Gasteiger partial charge is 0.270 e. The topological polar surface area (TPSA) is 88.9 Å². The van der Waals surface area contributed by atoms with Crippen molar-refractivity contribution < 1.29 is 9.59 Å². The first kappa shape index (κ1) is 13.5. The van der Waals surface area contributed by atoms with E-state index in [9.17, 15) is 9.59 Å². The number of amides is 2. The summed E-state index contributed by atoms with van der Waals surface area (Å²) in [6.45, 7) is 1.76. The number of hydrogen-bond donors (Lipinski definition) is 2. The van der Waals surface area contributed by atoms with E-state index in [2.05, 4.69) is 20.9 Å². The Bertz CT molecular complexity index is 617. The molecule has 2 rings (SSSR count). The highest BCUT2D eigenvalue weighted by Gasteiger charge is 2.06. The summed E-state index contributed by atoms with van der Waals surface area (Å²) >= 11 is 0. The summed E-state index contributed by atoms with van der Waals surface area (Å²) in [6, 6.07) is 6.54. The molecular formula is C13H13N5O2. The Morgan fingerprint density at radius 3 is 2.40 bits per heavy atom. The average molecular weight is 271 g/mol. The Morgan fingerprint density at radius 2 is 1.80 bits per heavy atom. The number of carbonyl (C=O) groups is 2. The van der Waals surface area contributed by atoms with Crippen LogP contribution in [0.15, 0.2) is 49.1 Å². The highest BCUT2D eigenvalue weighted by atomic mass is 16.2. The van der Waals surface area contributed by atoms with Crippen molar-refractivity contribution in [3.8, 4) is 0 Å². The van der Waals surface area contributed by atoms with Gasteiger partial charge in [0.2, 0.25) is 5.91 Å². The van der Waals surface area contributed by atoms with Gasteiger partial charge in [-0.3, -0.25) is 15.0 Å². The molecule has 2 aromatic rings. The van der Waals surface area contributed by atoms with Crippen molar-refractivity contribution in [1.82, 2.24) is 14.9 Å². The van der Waals surface area contributed by atoms with Crippen LogP contribution in [0.2, 0.25) is 0 Å². The molecule has 0 aliphatic rings. The third-order valence-corrected chi connectivity index (χ3v) is 2.38. The van der Waals surface area contributed by atoms with Crippen LogP contribution in [0.1, 0.15) is 17.3 Å². The highest BCUT2D eigenvalue weighted by Crippen LogP contribution is 2.09. The normalized spacial score (nSPS) is 10.4. The van der Waals surface area contributed by atoms with Crippen molar-refractivity contribution in [2.24, 2.45) is 0 Å². The number of carbonyl (C=O) groups excluding carboxylic acids is 2. The van der Waals surface area contributed by atoms with E-state index in [0.717, 1.165) is 0 Å². The maximum Gasteiger partial charge on any atom is 0.270 e. The monoisotopic (exact) mass is 271 g/mol. The SMILES string of the molecule is C/C=C/C(=O)Nc1ccc(C(=O)Nn2cnnc2)cc1. The van der Waals surface area contributed by atoms with Crippen LogP contribution < -0.4 is 10.7 Å². The molecule has 7 heteroatoms. The first-order chi connectivity index (χ1) is 9.69. The molecule has 102 valence electrons. The molecule has 0 radical (unpaired) electrons. The van der Waals surface area contributed by atoms with Crippen molar-refractivity contribution in [3.05, 3.63) is 54.6 Å². The van der Waals surface area contributed by atoms with E-state index in [1.807, 2.05) is 0 Å². The van der Waals surface area contributed by atoms with Gasteiger partial charge in [-0.1, -0.05) is 6.08 Å². The molecule has 7 nitrogen and oxygen atoms in total. The Hall–Kier alpha value is -2.96. The van der Waals surface area contributed by atoms with Crippen LogP contribution in [0.5, 0.6) is 0 Å². The van der Waals surface area contributed by atoms with Gasteiger partial charge in [0.15, 0.2) is 0 Å². The van der Waals surface area contributed by atoms with Crippen molar-refractivity contribution in [2.45, 2.75) is 6.92 Å². The minimum Gasteiger partial charge on any atom is -0.323 e. The second-order valence-electron chi connectivity index (χ2n) is 3.88. The molecule has 0 unspecified atom stereocenters. The van der Waals surface area contributed by atoms with Gasteiger partial charge in [0.1, 0.15) is 12.7 Å². The van der Waals surface area contributed by atoms with Gasteiger partial charge in [-0.05, 0) is 37.3 Å². The predicted octanol–water partition coefficient (Wildman–Crippen LogP) is 1.18. The molecule has 1 aromatic carbocycles. The Morgan fingerprint density at radius 1 is 1.15 bits per heavy atom. The molecule has 1 aromatic heterocycles. The fourth-order valence-electron chi connectivity index (χ4n) is 1.48. The Balaban J connectivity index is 2.00. The fourth-order valence-corrected chi connectivity index (χ4v) is 1.48. The summed E-state index contributed by atoms with van der Waals surface area (Å²) in [5.41, 5.74) is 3.65. The number of nitrogens with one attached hydrogen (secondary N) is 2. The highest BCUT2D eigenvalue weighted by molar-refractivity contribution is 6.01. The summed E-state index contributed by atoms with van der Waals surface area (Å²) in [6.07, 6.45) is 5.83. The van der Waals surface area contributed by atoms with E-state index in [1.54, 1.807) is 37.3 Å². The van der Waals surface area contributed by atoms with E-state index in [4.69, 9.17) is 0 Å². The van der Waals surface area contributed by atoms with E-state index in [-0.39, 0.29) is 11.8 Å². The first-order valence-corrected chi connectivity index (χ1v) is 5.89. The molecule has 1 heterocycles. The molecule has 20 heavy (non-hydrogen) atoms. The zero-order chi connectivity index (χ0) is 14.4. The molecule has 0 spiro atoms. The Kier molecular flexibility index (Phi) is 4.23. The van der Waals surface area contributed by atoms with Crippen molar-refractivity contribution in [2.75, 3.05) is 10.7 Å². The zero-order valence-corrected chi connectivity index (χ0v) is 10.8. The summed E-state index contributed by atoms with van der Waals surface area (Å²) in [4.78, 5) is 23.2. The molecule has 0 aliphatic heterocycles. The van der Waals surface area contributed by atoms with Crippen molar-refractivity contribution >= 4 is 17.5 Å². The largest absolute Gasteiger partial charge is 0.323 e. The minimum absolute atomic E-state index is 0.214. The lowest BCUT2D eigenvalue weighted by molar-refractivity contribution is -0.111. The molecule has 0 bridgehead atoms. The van der Waals surface area contributed by atoms with Crippen LogP contribution in [0.4, 0.5) is 5.69 Å². The van der Waals surface area contributed by atoms with Gasteiger partial charge in [0, 0.05) is 11.3 Å². The predicted molar refractivity (Wildman–Crippen MR) is 73.6 cm³/mol. The van der Waals surface area contributed by atoms with E-state index < -0.39 is 0 Å². The summed E-state index contributed by atoms with van der Waals surface area (Å²) in [7, 11) is 0. The maximum absolute atomic E-state index is 11.9. The zero-order valence-electron chi connectivity index (χ0n) is 10.8. The van der Waals surface area contributed by atoms with Crippen molar-refractivity contribution in [1.29, 1.82) is 0 Å². The van der Waals surface area contributed by atoms with Gasteiger partial charge in [-0.25, -0.2) is 4.68 Å². The third kappa shape index (κ3) is 3.52. The number of rotatable bonds is 4. The van der Waals surface area contributed by atoms with Crippen LogP contribution in [0.25, 0.3) is 0 Å². The minimum atomic E-state index is -0.295. The van der Waals surface area contributed by atoms with Crippen LogP contribution in [-0.2, 0) is 4.79 Å². The average Bonchev–Trinajstić information content (AvgIpc) is 2.92. The van der Waals surface area contributed by atoms with Gasteiger partial charge in [0.25, 0.3) is 5.91 Å².